The smallest absolute Gasteiger partial charge is 0.308 e. The number of nitrogens with zero attached hydrogens (tertiary/aromatic N) is 1. The van der Waals surface area contributed by atoms with Crippen molar-refractivity contribution in [2.24, 2.45) is 5.92 Å². The van der Waals surface area contributed by atoms with Gasteiger partial charge in [-0.25, -0.2) is 8.42 Å². The zero-order valence-corrected chi connectivity index (χ0v) is 17.0. The minimum Gasteiger partial charge on any atom is -0.481 e. The number of carbonyl (C=O) groups excluding carboxylic acids is 1. The first-order valence-corrected chi connectivity index (χ1v) is 10.6. The third-order valence-corrected chi connectivity index (χ3v) is 7.44. The molecule has 0 aliphatic heterocycles. The average molecular weight is 397 g/mol. The van der Waals surface area contributed by atoms with Gasteiger partial charge in [0.2, 0.25) is 10.0 Å². The van der Waals surface area contributed by atoms with Crippen LogP contribution in [0.1, 0.15) is 56.8 Å². The Labute approximate surface area is 160 Å². The standard InChI is InChI=1S/C19H28N2O5S/c1-13(2)21(4)27(25,26)15-9-7-8-14(12-15)17(22)20-19(3)11-6-5-10-16(19)18(23)24/h7-9,12-13,16H,5-6,10-11H2,1-4H3,(H,20,22)(H,23,24). The van der Waals surface area contributed by atoms with Gasteiger partial charge in [0.05, 0.1) is 16.4 Å². The van der Waals surface area contributed by atoms with Crippen LogP contribution in [0.25, 0.3) is 0 Å². The second-order valence-corrected chi connectivity index (χ2v) is 9.65. The second kappa shape index (κ2) is 7.98. The summed E-state index contributed by atoms with van der Waals surface area (Å²) in [4.78, 5) is 24.4. The molecule has 0 spiro atoms. The van der Waals surface area contributed by atoms with E-state index in [1.807, 2.05) is 0 Å². The first-order valence-electron chi connectivity index (χ1n) is 9.12. The molecule has 8 heteroatoms. The number of carboxylic acids is 1. The number of carbonyl (C=O) groups is 2. The highest BCUT2D eigenvalue weighted by molar-refractivity contribution is 7.89. The fourth-order valence-electron chi connectivity index (χ4n) is 3.45. The number of nitrogens with one attached hydrogen (secondary N) is 1. The number of hydrogen-bond donors (Lipinski definition) is 2. The molecule has 2 unspecified atom stereocenters. The third kappa shape index (κ3) is 4.50. The molecular formula is C19H28N2O5S. The van der Waals surface area contributed by atoms with Crippen LogP contribution in [0.5, 0.6) is 0 Å². The molecule has 0 radical (unpaired) electrons. The molecule has 2 N–H and O–H groups in total. The van der Waals surface area contributed by atoms with Crippen molar-refractivity contribution in [1.82, 2.24) is 9.62 Å². The van der Waals surface area contributed by atoms with Crippen LogP contribution in [-0.4, -0.2) is 48.3 Å². The van der Waals surface area contributed by atoms with Crippen LogP contribution in [0.3, 0.4) is 0 Å². The van der Waals surface area contributed by atoms with Crippen molar-refractivity contribution in [3.63, 3.8) is 0 Å². The zero-order valence-electron chi connectivity index (χ0n) is 16.2. The Balaban J connectivity index is 2.29. The summed E-state index contributed by atoms with van der Waals surface area (Å²) in [6.07, 6.45) is 2.75. The van der Waals surface area contributed by atoms with Gasteiger partial charge < -0.3 is 10.4 Å². The molecule has 0 heterocycles. The van der Waals surface area contributed by atoms with Gasteiger partial charge in [-0.1, -0.05) is 18.9 Å². The van der Waals surface area contributed by atoms with Gasteiger partial charge in [0.1, 0.15) is 0 Å². The average Bonchev–Trinajstić information content (AvgIpc) is 2.60. The number of hydrogen-bond acceptors (Lipinski definition) is 4. The summed E-state index contributed by atoms with van der Waals surface area (Å²) in [5.41, 5.74) is -0.658. The molecular weight excluding hydrogens is 368 g/mol. The molecule has 1 aromatic carbocycles. The van der Waals surface area contributed by atoms with E-state index in [9.17, 15) is 23.1 Å². The molecule has 0 aromatic heterocycles. The topological polar surface area (TPSA) is 104 Å². The van der Waals surface area contributed by atoms with E-state index in [-0.39, 0.29) is 16.5 Å². The maximum absolute atomic E-state index is 12.8. The van der Waals surface area contributed by atoms with Crippen LogP contribution in [-0.2, 0) is 14.8 Å². The van der Waals surface area contributed by atoms with Gasteiger partial charge >= 0.3 is 5.97 Å². The maximum Gasteiger partial charge on any atom is 0.308 e. The first kappa shape index (κ1) is 21.4. The van der Waals surface area contributed by atoms with Gasteiger partial charge in [-0.05, 0) is 51.8 Å². The van der Waals surface area contributed by atoms with Crippen LogP contribution in [0.4, 0.5) is 0 Å². The lowest BCUT2D eigenvalue weighted by Gasteiger charge is -2.39. The van der Waals surface area contributed by atoms with Crippen LogP contribution in [0.15, 0.2) is 29.2 Å². The lowest BCUT2D eigenvalue weighted by Crippen LogP contribution is -2.55. The van der Waals surface area contributed by atoms with E-state index in [0.29, 0.717) is 12.8 Å². The Morgan fingerprint density at radius 2 is 1.96 bits per heavy atom. The Kier molecular flexibility index (Phi) is 6.32. The summed E-state index contributed by atoms with van der Waals surface area (Å²) < 4.78 is 26.6. The van der Waals surface area contributed by atoms with Crippen LogP contribution in [0, 0.1) is 5.92 Å². The van der Waals surface area contributed by atoms with E-state index in [1.165, 1.54) is 35.6 Å². The van der Waals surface area contributed by atoms with Gasteiger partial charge in [-0.15, -0.1) is 0 Å². The van der Waals surface area contributed by atoms with Crippen molar-refractivity contribution in [2.75, 3.05) is 7.05 Å². The Bertz CT molecular complexity index is 821. The number of rotatable bonds is 6. The zero-order chi connectivity index (χ0) is 20.4. The normalized spacial score (nSPS) is 23.4. The maximum atomic E-state index is 12.8. The quantitative estimate of drug-likeness (QED) is 0.769. The van der Waals surface area contributed by atoms with Crippen molar-refractivity contribution in [3.05, 3.63) is 29.8 Å². The molecule has 2 rings (SSSR count). The molecule has 27 heavy (non-hydrogen) atoms. The molecule has 150 valence electrons. The summed E-state index contributed by atoms with van der Waals surface area (Å²) in [6.45, 7) is 5.28. The molecule has 0 bridgehead atoms. The van der Waals surface area contributed by atoms with E-state index < -0.39 is 33.4 Å². The molecule has 1 saturated carbocycles. The predicted octanol–water partition coefficient (Wildman–Crippen LogP) is 2.48. The SMILES string of the molecule is CC(C)N(C)S(=O)(=O)c1cccc(C(=O)NC2(C)CCCCC2C(=O)O)c1. The summed E-state index contributed by atoms with van der Waals surface area (Å²) in [5, 5.41) is 12.3. The molecule has 1 aliphatic rings. The summed E-state index contributed by atoms with van der Waals surface area (Å²) in [6, 6.07) is 5.63. The van der Waals surface area contributed by atoms with Crippen molar-refractivity contribution in [2.45, 2.75) is 62.9 Å². The van der Waals surface area contributed by atoms with Crippen LogP contribution in [0.2, 0.25) is 0 Å². The highest BCUT2D eigenvalue weighted by Crippen LogP contribution is 2.34. The minimum absolute atomic E-state index is 0.0370. The molecule has 7 nitrogen and oxygen atoms in total. The highest BCUT2D eigenvalue weighted by atomic mass is 32.2. The van der Waals surface area contributed by atoms with E-state index in [2.05, 4.69) is 5.32 Å². The number of sulfonamides is 1. The van der Waals surface area contributed by atoms with Crippen molar-refractivity contribution < 1.29 is 23.1 Å². The number of benzene rings is 1. The van der Waals surface area contributed by atoms with Gasteiger partial charge in [0.15, 0.2) is 0 Å². The number of amides is 1. The van der Waals surface area contributed by atoms with Gasteiger partial charge in [-0.3, -0.25) is 9.59 Å². The fourth-order valence-corrected chi connectivity index (χ4v) is 4.87. The highest BCUT2D eigenvalue weighted by Gasteiger charge is 2.42. The molecule has 1 amide bonds. The van der Waals surface area contributed by atoms with Crippen LogP contribution >= 0.6 is 0 Å². The van der Waals surface area contributed by atoms with Crippen molar-refractivity contribution in [1.29, 1.82) is 0 Å². The number of carboxylic acid groups (broad SMARTS) is 1. The first-order chi connectivity index (χ1) is 12.5. The minimum atomic E-state index is -3.71. The molecule has 1 fully saturated rings. The van der Waals surface area contributed by atoms with Crippen molar-refractivity contribution in [3.8, 4) is 0 Å². The molecule has 1 aliphatic carbocycles. The Morgan fingerprint density at radius 1 is 1.30 bits per heavy atom. The van der Waals surface area contributed by atoms with E-state index >= 15 is 0 Å². The summed E-state index contributed by atoms with van der Waals surface area (Å²) >= 11 is 0. The summed E-state index contributed by atoms with van der Waals surface area (Å²) in [5.74, 6) is -2.04. The predicted molar refractivity (Wildman–Crippen MR) is 102 cm³/mol. The van der Waals surface area contributed by atoms with Crippen molar-refractivity contribution >= 4 is 21.9 Å². The molecule has 2 atom stereocenters. The lowest BCUT2D eigenvalue weighted by atomic mass is 9.73. The second-order valence-electron chi connectivity index (χ2n) is 7.65. The Hall–Kier alpha value is -1.93. The number of aliphatic carboxylic acids is 1. The largest absolute Gasteiger partial charge is 0.481 e. The Morgan fingerprint density at radius 3 is 2.56 bits per heavy atom. The fraction of sp³-hybridized carbons (Fsp3) is 0.579. The van der Waals surface area contributed by atoms with Gasteiger partial charge in [-0.2, -0.15) is 4.31 Å². The van der Waals surface area contributed by atoms with Gasteiger partial charge in [0, 0.05) is 18.7 Å². The van der Waals surface area contributed by atoms with Gasteiger partial charge in [0.25, 0.3) is 5.91 Å². The summed E-state index contributed by atoms with van der Waals surface area (Å²) in [7, 11) is -2.21. The molecule has 0 saturated heterocycles. The van der Waals surface area contributed by atoms with E-state index in [1.54, 1.807) is 20.8 Å². The van der Waals surface area contributed by atoms with Crippen LogP contribution < -0.4 is 5.32 Å². The van der Waals surface area contributed by atoms with E-state index in [0.717, 1.165) is 12.8 Å². The lowest BCUT2D eigenvalue weighted by molar-refractivity contribution is -0.145. The van der Waals surface area contributed by atoms with E-state index in [4.69, 9.17) is 0 Å². The molecule has 1 aromatic rings. The monoisotopic (exact) mass is 396 g/mol. The third-order valence-electron chi connectivity index (χ3n) is 5.41.